The van der Waals surface area contributed by atoms with E-state index in [2.05, 4.69) is 15.8 Å². The summed E-state index contributed by atoms with van der Waals surface area (Å²) in [4.78, 5) is 23.1. The van der Waals surface area contributed by atoms with Crippen molar-refractivity contribution in [2.75, 3.05) is 20.3 Å². The van der Waals surface area contributed by atoms with Crippen molar-refractivity contribution in [2.45, 2.75) is 6.61 Å². The molecule has 0 fully saturated rings. The van der Waals surface area contributed by atoms with Gasteiger partial charge >= 0.3 is 11.8 Å². The molecule has 0 atom stereocenters. The molecule has 0 aromatic heterocycles. The second-order valence-electron chi connectivity index (χ2n) is 5.56. The first-order chi connectivity index (χ1) is 13.5. The zero-order valence-corrected chi connectivity index (χ0v) is 16.6. The number of rotatable bonds is 8. The van der Waals surface area contributed by atoms with Crippen LogP contribution in [0.5, 0.6) is 5.75 Å². The van der Waals surface area contributed by atoms with Crippen LogP contribution in [-0.4, -0.2) is 38.3 Å². The Kier molecular flexibility index (Phi) is 8.74. The van der Waals surface area contributed by atoms with Gasteiger partial charge in [0.25, 0.3) is 0 Å². The van der Waals surface area contributed by atoms with Crippen molar-refractivity contribution in [2.24, 2.45) is 5.10 Å². The number of amides is 2. The highest BCUT2D eigenvalue weighted by atomic mass is 35.5. The Bertz CT molecular complexity index is 859. The average molecular weight is 424 g/mol. The summed E-state index contributed by atoms with van der Waals surface area (Å²) in [6, 6.07) is 12.4. The van der Waals surface area contributed by atoms with E-state index in [1.807, 2.05) is 6.07 Å². The predicted molar refractivity (Wildman–Crippen MR) is 108 cm³/mol. The fourth-order valence-corrected chi connectivity index (χ4v) is 2.36. The van der Waals surface area contributed by atoms with Gasteiger partial charge in [-0.2, -0.15) is 5.10 Å². The van der Waals surface area contributed by atoms with Crippen molar-refractivity contribution < 1.29 is 19.1 Å². The van der Waals surface area contributed by atoms with Gasteiger partial charge in [-0.25, -0.2) is 5.43 Å². The van der Waals surface area contributed by atoms with E-state index in [1.165, 1.54) is 13.3 Å². The number of nitrogens with one attached hydrogen (secondary N) is 2. The summed E-state index contributed by atoms with van der Waals surface area (Å²) in [7, 11) is 1.50. The van der Waals surface area contributed by atoms with Crippen molar-refractivity contribution in [3.05, 3.63) is 63.6 Å². The zero-order chi connectivity index (χ0) is 20.4. The van der Waals surface area contributed by atoms with Crippen LogP contribution in [0.4, 0.5) is 0 Å². The van der Waals surface area contributed by atoms with Crippen LogP contribution < -0.4 is 15.5 Å². The molecular weight excluding hydrogens is 405 g/mol. The number of benzene rings is 2. The Morgan fingerprint density at radius 2 is 1.93 bits per heavy atom. The van der Waals surface area contributed by atoms with Gasteiger partial charge in [-0.1, -0.05) is 41.4 Å². The lowest BCUT2D eigenvalue weighted by atomic mass is 10.2. The number of ether oxygens (including phenoxy) is 2. The van der Waals surface area contributed by atoms with Gasteiger partial charge in [0.2, 0.25) is 0 Å². The maximum atomic E-state index is 11.6. The highest BCUT2D eigenvalue weighted by Gasteiger charge is 2.11. The van der Waals surface area contributed by atoms with Crippen LogP contribution in [0.25, 0.3) is 0 Å². The molecule has 0 saturated heterocycles. The lowest BCUT2D eigenvalue weighted by Crippen LogP contribution is -2.39. The number of methoxy groups -OCH3 is 1. The summed E-state index contributed by atoms with van der Waals surface area (Å²) >= 11 is 11.9. The SMILES string of the molecule is COCCNC(=O)C(=O)N/N=C\c1cccc(OCc2ccc(Cl)c(Cl)c2)c1. The van der Waals surface area contributed by atoms with E-state index < -0.39 is 11.8 Å². The Morgan fingerprint density at radius 3 is 2.68 bits per heavy atom. The standard InChI is InChI=1S/C19H19Cl2N3O4/c1-27-8-7-22-18(25)19(26)24-23-11-13-3-2-4-15(9-13)28-12-14-5-6-16(20)17(21)10-14/h2-6,9-11H,7-8,12H2,1H3,(H,22,25)(H,24,26)/b23-11-. The molecule has 28 heavy (non-hydrogen) atoms. The first-order valence-electron chi connectivity index (χ1n) is 8.26. The van der Waals surface area contributed by atoms with Gasteiger partial charge in [-0.3, -0.25) is 9.59 Å². The highest BCUT2D eigenvalue weighted by Crippen LogP contribution is 2.23. The summed E-state index contributed by atoms with van der Waals surface area (Å²) in [6.45, 7) is 0.873. The molecule has 0 bridgehead atoms. The minimum absolute atomic E-state index is 0.241. The molecule has 7 nitrogen and oxygen atoms in total. The molecule has 2 rings (SSSR count). The van der Waals surface area contributed by atoms with Crippen LogP contribution in [0.3, 0.4) is 0 Å². The molecular formula is C19H19Cl2N3O4. The third-order valence-electron chi connectivity index (χ3n) is 3.43. The van der Waals surface area contributed by atoms with Gasteiger partial charge in [0.05, 0.1) is 22.9 Å². The average Bonchev–Trinajstić information content (AvgIpc) is 2.69. The first kappa shape index (κ1) is 21.7. The van der Waals surface area contributed by atoms with Crippen LogP contribution in [0.2, 0.25) is 10.0 Å². The summed E-state index contributed by atoms with van der Waals surface area (Å²) in [5.41, 5.74) is 3.72. The Hall–Kier alpha value is -2.61. The fraction of sp³-hybridized carbons (Fsp3) is 0.211. The molecule has 0 aliphatic rings. The van der Waals surface area contributed by atoms with Crippen LogP contribution in [0, 0.1) is 0 Å². The van der Waals surface area contributed by atoms with E-state index in [4.69, 9.17) is 32.7 Å². The maximum Gasteiger partial charge on any atom is 0.329 e. The largest absolute Gasteiger partial charge is 0.489 e. The van der Waals surface area contributed by atoms with Crippen molar-refractivity contribution in [3.63, 3.8) is 0 Å². The van der Waals surface area contributed by atoms with Crippen LogP contribution >= 0.6 is 23.2 Å². The molecule has 2 amide bonds. The van der Waals surface area contributed by atoms with E-state index in [1.54, 1.807) is 36.4 Å². The normalized spacial score (nSPS) is 10.7. The molecule has 0 aliphatic heterocycles. The van der Waals surface area contributed by atoms with Gasteiger partial charge in [-0.05, 0) is 35.4 Å². The number of hydrazone groups is 1. The number of carbonyl (C=O) groups excluding carboxylic acids is 2. The van der Waals surface area contributed by atoms with Crippen molar-refractivity contribution in [3.8, 4) is 5.75 Å². The number of halogens is 2. The summed E-state index contributed by atoms with van der Waals surface area (Å²) in [6.07, 6.45) is 1.41. The van der Waals surface area contributed by atoms with E-state index in [9.17, 15) is 9.59 Å². The minimum atomic E-state index is -0.862. The zero-order valence-electron chi connectivity index (χ0n) is 15.1. The predicted octanol–water partition coefficient (Wildman–Crippen LogP) is 2.79. The third-order valence-corrected chi connectivity index (χ3v) is 4.16. The topological polar surface area (TPSA) is 89.0 Å². The van der Waals surface area contributed by atoms with Crippen molar-refractivity contribution >= 4 is 41.2 Å². The van der Waals surface area contributed by atoms with E-state index in [0.29, 0.717) is 34.6 Å². The first-order valence-corrected chi connectivity index (χ1v) is 9.02. The Morgan fingerprint density at radius 1 is 1.11 bits per heavy atom. The van der Waals surface area contributed by atoms with Crippen LogP contribution in [0.1, 0.15) is 11.1 Å². The molecule has 0 heterocycles. The molecule has 0 spiro atoms. The van der Waals surface area contributed by atoms with Crippen molar-refractivity contribution in [1.82, 2.24) is 10.7 Å². The molecule has 0 unspecified atom stereocenters. The highest BCUT2D eigenvalue weighted by molar-refractivity contribution is 6.42. The number of hydrogen-bond acceptors (Lipinski definition) is 5. The van der Waals surface area contributed by atoms with Crippen LogP contribution in [-0.2, 0) is 20.9 Å². The second kappa shape index (κ2) is 11.3. The second-order valence-corrected chi connectivity index (χ2v) is 6.37. The molecule has 148 valence electrons. The third kappa shape index (κ3) is 7.19. The van der Waals surface area contributed by atoms with E-state index >= 15 is 0 Å². The Labute approximate surface area is 172 Å². The maximum absolute atomic E-state index is 11.6. The van der Waals surface area contributed by atoms with Gasteiger partial charge in [0, 0.05) is 13.7 Å². The quantitative estimate of drug-likeness (QED) is 0.295. The number of hydrogen-bond donors (Lipinski definition) is 2. The summed E-state index contributed by atoms with van der Waals surface area (Å²) in [5, 5.41) is 7.11. The van der Waals surface area contributed by atoms with Crippen LogP contribution in [0.15, 0.2) is 47.6 Å². The molecule has 9 heteroatoms. The van der Waals surface area contributed by atoms with E-state index in [-0.39, 0.29) is 6.54 Å². The smallest absolute Gasteiger partial charge is 0.329 e. The monoisotopic (exact) mass is 423 g/mol. The minimum Gasteiger partial charge on any atom is -0.489 e. The lowest BCUT2D eigenvalue weighted by Gasteiger charge is -2.08. The molecule has 0 radical (unpaired) electrons. The van der Waals surface area contributed by atoms with Gasteiger partial charge in [0.1, 0.15) is 12.4 Å². The number of carbonyl (C=O) groups is 2. The molecule has 2 aromatic carbocycles. The van der Waals surface area contributed by atoms with Gasteiger partial charge in [0.15, 0.2) is 0 Å². The molecule has 0 saturated carbocycles. The van der Waals surface area contributed by atoms with Gasteiger partial charge < -0.3 is 14.8 Å². The molecule has 2 aromatic rings. The Balaban J connectivity index is 1.86. The van der Waals surface area contributed by atoms with Crippen molar-refractivity contribution in [1.29, 1.82) is 0 Å². The summed E-state index contributed by atoms with van der Waals surface area (Å²) < 4.78 is 10.5. The molecule has 0 aliphatic carbocycles. The molecule has 2 N–H and O–H groups in total. The number of nitrogens with zero attached hydrogens (tertiary/aromatic N) is 1. The van der Waals surface area contributed by atoms with E-state index in [0.717, 1.165) is 5.56 Å². The summed E-state index contributed by atoms with van der Waals surface area (Å²) in [5.74, 6) is -1.04. The van der Waals surface area contributed by atoms with Gasteiger partial charge in [-0.15, -0.1) is 0 Å². The fourth-order valence-electron chi connectivity index (χ4n) is 2.04. The lowest BCUT2D eigenvalue weighted by molar-refractivity contribution is -0.139.